The van der Waals surface area contributed by atoms with E-state index in [4.69, 9.17) is 15.3 Å². The van der Waals surface area contributed by atoms with Crippen molar-refractivity contribution in [3.63, 3.8) is 0 Å². The second-order valence-corrected chi connectivity index (χ2v) is 6.16. The summed E-state index contributed by atoms with van der Waals surface area (Å²) >= 11 is 1.91. The van der Waals surface area contributed by atoms with Crippen molar-refractivity contribution in [1.29, 1.82) is 0 Å². The Labute approximate surface area is 124 Å². The topological polar surface area (TPSA) is 69.4 Å². The van der Waals surface area contributed by atoms with Gasteiger partial charge in [-0.15, -0.1) is 0 Å². The zero-order valence-corrected chi connectivity index (χ0v) is 13.1. The average molecular weight is 297 g/mol. The lowest BCUT2D eigenvalue weighted by Crippen LogP contribution is -2.49. The molecule has 1 aromatic rings. The summed E-state index contributed by atoms with van der Waals surface area (Å²) in [6.45, 7) is 4.83. The molecule has 1 aliphatic heterocycles. The van der Waals surface area contributed by atoms with E-state index in [0.29, 0.717) is 0 Å². The van der Waals surface area contributed by atoms with Gasteiger partial charge in [-0.25, -0.2) is 0 Å². The van der Waals surface area contributed by atoms with Crippen LogP contribution in [0.5, 0.6) is 5.75 Å². The molecule has 0 aromatic carbocycles. The number of methoxy groups -OCH3 is 1. The van der Waals surface area contributed by atoms with E-state index in [1.54, 1.807) is 7.11 Å². The molecular weight excluding hydrogens is 274 g/mol. The van der Waals surface area contributed by atoms with Gasteiger partial charge in [-0.1, -0.05) is 0 Å². The van der Waals surface area contributed by atoms with Crippen molar-refractivity contribution in [3.8, 4) is 5.75 Å². The van der Waals surface area contributed by atoms with Crippen LogP contribution in [0.3, 0.4) is 0 Å². The van der Waals surface area contributed by atoms with E-state index < -0.39 is 0 Å². The van der Waals surface area contributed by atoms with Crippen LogP contribution in [0.25, 0.3) is 0 Å². The summed E-state index contributed by atoms with van der Waals surface area (Å²) in [4.78, 5) is 4.53. The predicted molar refractivity (Wildman–Crippen MR) is 82.1 cm³/mol. The van der Waals surface area contributed by atoms with Crippen LogP contribution in [0.1, 0.15) is 16.8 Å². The molecule has 1 aromatic heterocycles. The van der Waals surface area contributed by atoms with Gasteiger partial charge in [0.2, 0.25) is 0 Å². The van der Waals surface area contributed by atoms with Gasteiger partial charge >= 0.3 is 0 Å². The van der Waals surface area contributed by atoms with Gasteiger partial charge in [-0.05, 0) is 13.8 Å². The molecule has 3 N–H and O–H groups in total. The van der Waals surface area contributed by atoms with Gasteiger partial charge < -0.3 is 9.47 Å². The van der Waals surface area contributed by atoms with Crippen molar-refractivity contribution in [2.24, 2.45) is 5.84 Å². The first-order valence-corrected chi connectivity index (χ1v) is 7.97. The number of hydrazine groups is 1. The highest BCUT2D eigenvalue weighted by Crippen LogP contribution is 2.26. The largest absolute Gasteiger partial charge is 0.496 e. The molecular formula is C14H23N3O2S. The molecule has 0 aliphatic carbocycles. The third kappa shape index (κ3) is 3.44. The normalized spacial score (nSPS) is 20.7. The molecule has 2 unspecified atom stereocenters. The molecule has 2 rings (SSSR count). The van der Waals surface area contributed by atoms with Crippen LogP contribution in [0.15, 0.2) is 6.20 Å². The van der Waals surface area contributed by atoms with E-state index in [-0.39, 0.29) is 12.1 Å². The van der Waals surface area contributed by atoms with E-state index in [2.05, 4.69) is 10.4 Å². The summed E-state index contributed by atoms with van der Waals surface area (Å²) in [7, 11) is 1.69. The van der Waals surface area contributed by atoms with Crippen LogP contribution < -0.4 is 16.0 Å². The monoisotopic (exact) mass is 297 g/mol. The van der Waals surface area contributed by atoms with Gasteiger partial charge in [0.15, 0.2) is 0 Å². The van der Waals surface area contributed by atoms with Gasteiger partial charge in [-0.2, -0.15) is 11.8 Å². The summed E-state index contributed by atoms with van der Waals surface area (Å²) in [5.41, 5.74) is 6.02. The fourth-order valence-corrected chi connectivity index (χ4v) is 3.46. The first-order chi connectivity index (χ1) is 9.67. The van der Waals surface area contributed by atoms with Crippen molar-refractivity contribution in [2.45, 2.75) is 32.4 Å². The molecule has 0 spiro atoms. The molecule has 5 nitrogen and oxygen atoms in total. The molecule has 20 heavy (non-hydrogen) atoms. The third-order valence-corrected chi connectivity index (χ3v) is 4.69. The Morgan fingerprint density at radius 2 is 2.40 bits per heavy atom. The predicted octanol–water partition coefficient (Wildman–Crippen LogP) is 1.21. The minimum absolute atomic E-state index is 0.0708. The second-order valence-electron chi connectivity index (χ2n) is 5.01. The number of pyridine rings is 1. The molecule has 1 saturated heterocycles. The van der Waals surface area contributed by atoms with Crippen molar-refractivity contribution in [1.82, 2.24) is 10.4 Å². The third-order valence-electron chi connectivity index (χ3n) is 3.67. The quantitative estimate of drug-likeness (QED) is 0.629. The zero-order valence-electron chi connectivity index (χ0n) is 12.3. The van der Waals surface area contributed by atoms with Crippen LogP contribution >= 0.6 is 11.8 Å². The van der Waals surface area contributed by atoms with Crippen LogP contribution in [0.4, 0.5) is 0 Å². The first kappa shape index (κ1) is 15.6. The standard InChI is InChI=1S/C14H23N3O2S/c1-9-7-16-11(10(2)14(9)18-3)6-12(17-15)13-8-20-5-4-19-13/h7,12-13,17H,4-6,8,15H2,1-3H3. The summed E-state index contributed by atoms with van der Waals surface area (Å²) in [5.74, 6) is 8.64. The number of nitrogens with zero attached hydrogens (tertiary/aromatic N) is 1. The maximum Gasteiger partial charge on any atom is 0.128 e. The smallest absolute Gasteiger partial charge is 0.128 e. The number of hydrogen-bond acceptors (Lipinski definition) is 6. The van der Waals surface area contributed by atoms with Crippen LogP contribution in [0, 0.1) is 13.8 Å². The highest BCUT2D eigenvalue weighted by Gasteiger charge is 2.25. The highest BCUT2D eigenvalue weighted by atomic mass is 32.2. The van der Waals surface area contributed by atoms with Gasteiger partial charge in [0.1, 0.15) is 5.75 Å². The number of aryl methyl sites for hydroxylation is 1. The van der Waals surface area contributed by atoms with Crippen molar-refractivity contribution >= 4 is 11.8 Å². The molecule has 2 heterocycles. The first-order valence-electron chi connectivity index (χ1n) is 6.82. The molecule has 1 aliphatic rings. The molecule has 112 valence electrons. The maximum absolute atomic E-state index is 5.80. The highest BCUT2D eigenvalue weighted by molar-refractivity contribution is 7.99. The Kier molecular flexibility index (Phi) is 5.65. The van der Waals surface area contributed by atoms with Gasteiger partial charge in [0.05, 0.1) is 25.9 Å². The molecule has 0 amide bonds. The lowest BCUT2D eigenvalue weighted by atomic mass is 10.0. The van der Waals surface area contributed by atoms with Crippen molar-refractivity contribution in [3.05, 3.63) is 23.0 Å². The Bertz CT molecular complexity index is 450. The maximum atomic E-state index is 5.80. The Morgan fingerprint density at radius 1 is 1.60 bits per heavy atom. The van der Waals surface area contributed by atoms with Crippen molar-refractivity contribution < 1.29 is 9.47 Å². The van der Waals surface area contributed by atoms with E-state index in [1.165, 1.54) is 0 Å². The minimum atomic E-state index is 0.0708. The minimum Gasteiger partial charge on any atom is -0.496 e. The van der Waals surface area contributed by atoms with E-state index in [0.717, 1.165) is 47.1 Å². The van der Waals surface area contributed by atoms with Gasteiger partial charge in [-0.3, -0.25) is 16.3 Å². The van der Waals surface area contributed by atoms with E-state index in [9.17, 15) is 0 Å². The Morgan fingerprint density at radius 3 is 3.00 bits per heavy atom. The number of hydrogen-bond donors (Lipinski definition) is 2. The van der Waals surface area contributed by atoms with Crippen molar-refractivity contribution in [2.75, 3.05) is 25.2 Å². The lowest BCUT2D eigenvalue weighted by Gasteiger charge is -2.30. The molecule has 0 saturated carbocycles. The summed E-state index contributed by atoms with van der Waals surface area (Å²) in [6, 6.07) is 0.0708. The van der Waals surface area contributed by atoms with Gasteiger partial charge in [0.25, 0.3) is 0 Å². The molecule has 1 fully saturated rings. The summed E-state index contributed by atoms with van der Waals surface area (Å²) in [6.07, 6.45) is 2.72. The second kappa shape index (κ2) is 7.26. The number of nitrogens with one attached hydrogen (secondary N) is 1. The van der Waals surface area contributed by atoms with Crippen LogP contribution in [-0.2, 0) is 11.2 Å². The number of nitrogens with two attached hydrogens (primary N) is 1. The van der Waals surface area contributed by atoms with Gasteiger partial charge in [0, 0.05) is 40.9 Å². The SMILES string of the molecule is COc1c(C)cnc(CC(NN)C2CSCCO2)c1C. The summed E-state index contributed by atoms with van der Waals surface area (Å²) < 4.78 is 11.3. The van der Waals surface area contributed by atoms with E-state index in [1.807, 2.05) is 31.8 Å². The molecule has 6 heteroatoms. The number of ether oxygens (including phenoxy) is 2. The van der Waals surface area contributed by atoms with E-state index >= 15 is 0 Å². The summed E-state index contributed by atoms with van der Waals surface area (Å²) in [5, 5.41) is 0. The Hall–Kier alpha value is -0.820. The Balaban J connectivity index is 2.14. The fraction of sp³-hybridized carbons (Fsp3) is 0.643. The molecule has 2 atom stereocenters. The fourth-order valence-electron chi connectivity index (χ4n) is 2.52. The van der Waals surface area contributed by atoms with Crippen LogP contribution in [0.2, 0.25) is 0 Å². The lowest BCUT2D eigenvalue weighted by molar-refractivity contribution is 0.0469. The van der Waals surface area contributed by atoms with Crippen LogP contribution in [-0.4, -0.2) is 42.4 Å². The average Bonchev–Trinajstić information content (AvgIpc) is 2.48. The molecule has 0 radical (unpaired) electrons. The number of aromatic nitrogens is 1. The number of rotatable bonds is 5. The zero-order chi connectivity index (χ0) is 14.5. The molecule has 0 bridgehead atoms. The number of thioether (sulfide) groups is 1.